The molecule has 0 spiro atoms. The maximum atomic E-state index is 12.9. The van der Waals surface area contributed by atoms with Gasteiger partial charge in [0.1, 0.15) is 11.9 Å². The molecule has 1 aromatic heterocycles. The monoisotopic (exact) mass is 379 g/mol. The fourth-order valence-electron chi connectivity index (χ4n) is 3.59. The van der Waals surface area contributed by atoms with E-state index >= 15 is 0 Å². The first-order chi connectivity index (χ1) is 12.1. The van der Waals surface area contributed by atoms with Gasteiger partial charge in [0.05, 0.1) is 28.8 Å². The lowest BCUT2D eigenvalue weighted by atomic mass is 10.1. The number of hydrogen-bond donors (Lipinski definition) is 0. The van der Waals surface area contributed by atoms with Gasteiger partial charge in [0, 0.05) is 25.0 Å². The van der Waals surface area contributed by atoms with Crippen LogP contribution in [0.2, 0.25) is 10.0 Å². The maximum Gasteiger partial charge on any atom is 0.245 e. The largest absolute Gasteiger partial charge is 0.378 e. The van der Waals surface area contributed by atoms with Gasteiger partial charge in [0.25, 0.3) is 0 Å². The Morgan fingerprint density at radius 1 is 1.08 bits per heavy atom. The highest BCUT2D eigenvalue weighted by Gasteiger charge is 2.35. The third kappa shape index (κ3) is 3.16. The van der Waals surface area contributed by atoms with Crippen LogP contribution in [0.15, 0.2) is 24.3 Å². The van der Waals surface area contributed by atoms with Gasteiger partial charge in [-0.1, -0.05) is 23.2 Å². The molecule has 1 aromatic carbocycles. The topological polar surface area (TPSA) is 45.7 Å². The van der Waals surface area contributed by atoms with Crippen LogP contribution in [0.25, 0.3) is 10.9 Å². The number of morpholine rings is 1. The average Bonchev–Trinajstić information content (AvgIpc) is 3.14. The number of aromatic nitrogens is 1. The van der Waals surface area contributed by atoms with Gasteiger partial charge in [-0.05, 0) is 37.1 Å². The highest BCUT2D eigenvalue weighted by molar-refractivity contribution is 6.39. The van der Waals surface area contributed by atoms with Crippen LogP contribution < -0.4 is 4.90 Å². The second kappa shape index (κ2) is 6.98. The number of nitrogens with zero attached hydrogens (tertiary/aromatic N) is 3. The molecular weight excluding hydrogens is 361 g/mol. The Kier molecular flexibility index (Phi) is 4.71. The molecule has 2 fully saturated rings. The van der Waals surface area contributed by atoms with Crippen molar-refractivity contribution in [3.63, 3.8) is 0 Å². The summed E-state index contributed by atoms with van der Waals surface area (Å²) in [4.78, 5) is 21.6. The Balaban J connectivity index is 1.64. The van der Waals surface area contributed by atoms with Crippen LogP contribution in [-0.4, -0.2) is 54.7 Å². The van der Waals surface area contributed by atoms with Crippen molar-refractivity contribution < 1.29 is 9.53 Å². The lowest BCUT2D eigenvalue weighted by Gasteiger charge is -2.33. The summed E-state index contributed by atoms with van der Waals surface area (Å²) < 4.78 is 5.35. The highest BCUT2D eigenvalue weighted by atomic mass is 35.5. The molecule has 5 nitrogen and oxygen atoms in total. The highest BCUT2D eigenvalue weighted by Crippen LogP contribution is 2.32. The van der Waals surface area contributed by atoms with E-state index in [9.17, 15) is 4.79 Å². The normalized spacial score (nSPS) is 21.1. The van der Waals surface area contributed by atoms with Gasteiger partial charge >= 0.3 is 0 Å². The van der Waals surface area contributed by atoms with Gasteiger partial charge in [-0.15, -0.1) is 0 Å². The van der Waals surface area contributed by atoms with E-state index in [1.54, 1.807) is 12.1 Å². The van der Waals surface area contributed by atoms with Crippen LogP contribution in [0.4, 0.5) is 5.82 Å². The molecule has 1 amide bonds. The number of benzene rings is 1. The van der Waals surface area contributed by atoms with Crippen molar-refractivity contribution >= 4 is 45.8 Å². The first-order valence-corrected chi connectivity index (χ1v) is 9.28. The summed E-state index contributed by atoms with van der Waals surface area (Å²) in [7, 11) is 0. The summed E-state index contributed by atoms with van der Waals surface area (Å²) in [6, 6.07) is 7.22. The standard InChI is InChI=1S/C18H19Cl2N3O2/c19-13-4-5-14(20)17-12(13)3-6-16(21-17)23-7-1-2-15(23)18(24)22-8-10-25-11-9-22/h3-6,15H,1-2,7-11H2/t15-/m0/s1. The molecule has 2 aliphatic heterocycles. The van der Waals surface area contributed by atoms with E-state index in [2.05, 4.69) is 4.90 Å². The van der Waals surface area contributed by atoms with Gasteiger partial charge in [0.2, 0.25) is 5.91 Å². The van der Waals surface area contributed by atoms with Gasteiger partial charge in [-0.2, -0.15) is 0 Å². The van der Waals surface area contributed by atoms with Crippen LogP contribution in [0.1, 0.15) is 12.8 Å². The molecule has 0 N–H and O–H groups in total. The lowest BCUT2D eigenvalue weighted by molar-refractivity contribution is -0.136. The minimum Gasteiger partial charge on any atom is -0.378 e. The number of fused-ring (bicyclic) bond motifs is 1. The van der Waals surface area contributed by atoms with Crippen molar-refractivity contribution in [2.24, 2.45) is 0 Å². The molecule has 0 saturated carbocycles. The molecule has 2 aromatic rings. The van der Waals surface area contributed by atoms with E-state index in [0.29, 0.717) is 41.9 Å². The fraction of sp³-hybridized carbons (Fsp3) is 0.444. The Bertz CT molecular complexity index is 808. The number of rotatable bonds is 2. The molecule has 7 heteroatoms. The van der Waals surface area contributed by atoms with Gasteiger partial charge in [0.15, 0.2) is 0 Å². The van der Waals surface area contributed by atoms with Crippen LogP contribution in [0, 0.1) is 0 Å². The van der Waals surface area contributed by atoms with Crippen LogP contribution in [0.3, 0.4) is 0 Å². The van der Waals surface area contributed by atoms with Crippen molar-refractivity contribution in [3.8, 4) is 0 Å². The predicted molar refractivity (Wildman–Crippen MR) is 99.5 cm³/mol. The molecule has 132 valence electrons. The molecule has 1 atom stereocenters. The minimum atomic E-state index is -0.166. The second-order valence-electron chi connectivity index (χ2n) is 6.38. The number of carbonyl (C=O) groups excluding carboxylic acids is 1. The number of amides is 1. The zero-order valence-corrected chi connectivity index (χ0v) is 15.3. The number of carbonyl (C=O) groups is 1. The van der Waals surface area contributed by atoms with E-state index in [1.165, 1.54) is 0 Å². The first-order valence-electron chi connectivity index (χ1n) is 8.53. The molecule has 25 heavy (non-hydrogen) atoms. The Morgan fingerprint density at radius 3 is 2.64 bits per heavy atom. The summed E-state index contributed by atoms with van der Waals surface area (Å²) in [5.74, 6) is 0.945. The van der Waals surface area contributed by atoms with Crippen LogP contribution in [-0.2, 0) is 9.53 Å². The summed E-state index contributed by atoms with van der Waals surface area (Å²) in [5, 5.41) is 2.02. The quantitative estimate of drug-likeness (QED) is 0.802. The number of ether oxygens (including phenoxy) is 1. The Labute approximate surface area is 156 Å². The van der Waals surface area contributed by atoms with Crippen molar-refractivity contribution in [1.82, 2.24) is 9.88 Å². The van der Waals surface area contributed by atoms with E-state index in [-0.39, 0.29) is 11.9 Å². The van der Waals surface area contributed by atoms with Crippen molar-refractivity contribution in [3.05, 3.63) is 34.3 Å². The van der Waals surface area contributed by atoms with Gasteiger partial charge < -0.3 is 14.5 Å². The number of hydrogen-bond acceptors (Lipinski definition) is 4. The van der Waals surface area contributed by atoms with E-state index < -0.39 is 0 Å². The predicted octanol–water partition coefficient (Wildman–Crippen LogP) is 3.37. The van der Waals surface area contributed by atoms with E-state index in [1.807, 2.05) is 17.0 Å². The van der Waals surface area contributed by atoms with Gasteiger partial charge in [-0.25, -0.2) is 4.98 Å². The molecule has 0 radical (unpaired) electrons. The summed E-state index contributed by atoms with van der Waals surface area (Å²) in [6.07, 6.45) is 1.82. The lowest BCUT2D eigenvalue weighted by Crippen LogP contribution is -2.50. The summed E-state index contributed by atoms with van der Waals surface area (Å²) in [5.41, 5.74) is 0.677. The van der Waals surface area contributed by atoms with Gasteiger partial charge in [-0.3, -0.25) is 4.79 Å². The first kappa shape index (κ1) is 16.9. The number of pyridine rings is 1. The second-order valence-corrected chi connectivity index (χ2v) is 7.20. The molecule has 3 heterocycles. The SMILES string of the molecule is O=C([C@@H]1CCCN1c1ccc2c(Cl)ccc(Cl)c2n1)N1CCOCC1. The summed E-state index contributed by atoms with van der Waals surface area (Å²) in [6.45, 7) is 3.37. The van der Waals surface area contributed by atoms with Crippen molar-refractivity contribution in [2.75, 3.05) is 37.7 Å². The zero-order chi connectivity index (χ0) is 17.4. The Morgan fingerprint density at radius 2 is 1.84 bits per heavy atom. The molecule has 2 saturated heterocycles. The average molecular weight is 380 g/mol. The molecular formula is C18H19Cl2N3O2. The molecule has 4 rings (SSSR count). The van der Waals surface area contributed by atoms with Crippen LogP contribution >= 0.6 is 23.2 Å². The van der Waals surface area contributed by atoms with Crippen molar-refractivity contribution in [1.29, 1.82) is 0 Å². The summed E-state index contributed by atoms with van der Waals surface area (Å²) >= 11 is 12.5. The molecule has 2 aliphatic rings. The number of halogens is 2. The maximum absolute atomic E-state index is 12.9. The van der Waals surface area contributed by atoms with Crippen LogP contribution in [0.5, 0.6) is 0 Å². The molecule has 0 aliphatic carbocycles. The fourth-order valence-corrected chi connectivity index (χ4v) is 4.01. The third-order valence-electron chi connectivity index (χ3n) is 4.89. The van der Waals surface area contributed by atoms with Crippen molar-refractivity contribution in [2.45, 2.75) is 18.9 Å². The molecule has 0 bridgehead atoms. The van der Waals surface area contributed by atoms with E-state index in [4.69, 9.17) is 32.9 Å². The molecule has 0 unspecified atom stereocenters. The zero-order valence-electron chi connectivity index (χ0n) is 13.8. The van der Waals surface area contributed by atoms with E-state index in [0.717, 1.165) is 30.6 Å². The smallest absolute Gasteiger partial charge is 0.245 e. The minimum absolute atomic E-state index is 0.166. The number of anilines is 1. The Hall–Kier alpha value is -1.56. The third-order valence-corrected chi connectivity index (χ3v) is 5.53.